The van der Waals surface area contributed by atoms with Gasteiger partial charge < -0.3 is 4.74 Å². The van der Waals surface area contributed by atoms with E-state index in [9.17, 15) is 0 Å². The van der Waals surface area contributed by atoms with E-state index in [4.69, 9.17) is 16.3 Å². The fourth-order valence-electron chi connectivity index (χ4n) is 1.43. The third-order valence-electron chi connectivity index (χ3n) is 2.23. The summed E-state index contributed by atoms with van der Waals surface area (Å²) < 4.78 is 5.45. The van der Waals surface area contributed by atoms with Crippen molar-refractivity contribution in [3.63, 3.8) is 0 Å². The summed E-state index contributed by atoms with van der Waals surface area (Å²) >= 11 is 7.66. The molecule has 0 amide bonds. The summed E-state index contributed by atoms with van der Waals surface area (Å²) in [6.07, 6.45) is 1.42. The molecule has 0 bridgehead atoms. The van der Waals surface area contributed by atoms with Gasteiger partial charge in [-0.1, -0.05) is 41.9 Å². The molecule has 19 heavy (non-hydrogen) atoms. The second kappa shape index (κ2) is 8.82. The van der Waals surface area contributed by atoms with E-state index in [-0.39, 0.29) is 29.6 Å². The van der Waals surface area contributed by atoms with E-state index in [1.807, 2.05) is 25.1 Å². The molecule has 0 atom stereocenters. The molecule has 1 heterocycles. The van der Waals surface area contributed by atoms with E-state index in [2.05, 4.69) is 22.1 Å². The van der Waals surface area contributed by atoms with Crippen LogP contribution in [0.25, 0.3) is 0 Å². The number of thioether (sulfide) groups is 1. The summed E-state index contributed by atoms with van der Waals surface area (Å²) in [5, 5.41) is 0.439. The Kier molecular flexibility index (Phi) is 7.80. The Labute approximate surface area is 144 Å². The topological polar surface area (TPSA) is 35.0 Å². The van der Waals surface area contributed by atoms with E-state index < -0.39 is 0 Å². The first-order chi connectivity index (χ1) is 8.81. The number of hydrogen-bond acceptors (Lipinski definition) is 4. The van der Waals surface area contributed by atoms with Gasteiger partial charge in [-0.3, -0.25) is 0 Å². The molecule has 0 aliphatic heterocycles. The molecule has 6 heteroatoms. The Balaban J connectivity index is 0.00000180. The summed E-state index contributed by atoms with van der Waals surface area (Å²) in [5.74, 6) is 1.37. The Morgan fingerprint density at radius 3 is 2.63 bits per heavy atom. The average Bonchev–Trinajstić information content (AvgIpc) is 2.40. The molecule has 2 aromatic rings. The van der Waals surface area contributed by atoms with E-state index in [0.29, 0.717) is 17.6 Å². The van der Waals surface area contributed by atoms with Crippen LogP contribution < -0.4 is 4.74 Å². The number of ether oxygens (including phenoxy) is 1. The van der Waals surface area contributed by atoms with Crippen LogP contribution in [0.1, 0.15) is 12.5 Å². The normalized spacial score (nSPS) is 9.79. The molecule has 0 radical (unpaired) electrons. The number of hydrogen-bond donors (Lipinski definition) is 0. The maximum atomic E-state index is 6.08. The van der Waals surface area contributed by atoms with Gasteiger partial charge in [0.2, 0.25) is 5.88 Å². The number of halogens is 1. The Morgan fingerprint density at radius 2 is 1.95 bits per heavy atom. The first-order valence-corrected chi connectivity index (χ1v) is 6.97. The van der Waals surface area contributed by atoms with Crippen molar-refractivity contribution >= 4 is 52.9 Å². The molecule has 0 unspecified atom stereocenters. The zero-order chi connectivity index (χ0) is 12.8. The van der Waals surface area contributed by atoms with Crippen LogP contribution in [0.4, 0.5) is 0 Å². The summed E-state index contributed by atoms with van der Waals surface area (Å²) in [6.45, 7) is 2.48. The minimum absolute atomic E-state index is 0. The van der Waals surface area contributed by atoms with Crippen LogP contribution in [0.15, 0.2) is 41.6 Å². The van der Waals surface area contributed by atoms with Gasteiger partial charge in [-0.2, -0.15) is 0 Å². The standard InChI is InChI=1S/C13H13ClN2OS.Na.H/c1-2-17-13-11(12(14)15-9-16-13)18-8-10-6-4-3-5-7-10;;/h3-7,9H,2,8H2,1H3;;. The molecule has 0 aliphatic rings. The van der Waals surface area contributed by atoms with Gasteiger partial charge >= 0.3 is 29.6 Å². The Hall–Kier alpha value is -0.260. The van der Waals surface area contributed by atoms with Crippen molar-refractivity contribution in [2.45, 2.75) is 17.6 Å². The van der Waals surface area contributed by atoms with Crippen molar-refractivity contribution in [2.24, 2.45) is 0 Å². The van der Waals surface area contributed by atoms with Crippen molar-refractivity contribution in [3.05, 3.63) is 47.4 Å². The van der Waals surface area contributed by atoms with Gasteiger partial charge in [-0.05, 0) is 12.5 Å². The second-order valence-electron chi connectivity index (χ2n) is 3.51. The summed E-state index contributed by atoms with van der Waals surface area (Å²) in [5.41, 5.74) is 1.23. The minimum atomic E-state index is 0. The Bertz CT molecular complexity index is 513. The SMILES string of the molecule is CCOc1ncnc(Cl)c1SCc1ccccc1.[NaH]. The van der Waals surface area contributed by atoms with Crippen molar-refractivity contribution in [1.29, 1.82) is 0 Å². The van der Waals surface area contributed by atoms with Crippen molar-refractivity contribution in [3.8, 4) is 5.88 Å². The van der Waals surface area contributed by atoms with Gasteiger partial charge in [0.05, 0.1) is 6.61 Å². The third kappa shape index (κ3) is 4.97. The van der Waals surface area contributed by atoms with Gasteiger partial charge in [0, 0.05) is 5.75 Å². The molecule has 96 valence electrons. The zero-order valence-electron chi connectivity index (χ0n) is 9.97. The molecule has 0 aliphatic carbocycles. The fourth-order valence-corrected chi connectivity index (χ4v) is 2.63. The van der Waals surface area contributed by atoms with Gasteiger partial charge in [-0.25, -0.2) is 9.97 Å². The number of rotatable bonds is 5. The number of nitrogens with zero attached hydrogens (tertiary/aromatic N) is 2. The first kappa shape index (κ1) is 16.8. The predicted octanol–water partition coefficient (Wildman–Crippen LogP) is 3.17. The van der Waals surface area contributed by atoms with Crippen molar-refractivity contribution in [2.75, 3.05) is 6.61 Å². The van der Waals surface area contributed by atoms with Crippen LogP contribution in [0, 0.1) is 0 Å². The monoisotopic (exact) mass is 304 g/mol. The molecular formula is C13H14ClN2NaOS. The molecule has 0 saturated heterocycles. The number of benzene rings is 1. The van der Waals surface area contributed by atoms with Gasteiger partial charge in [0.15, 0.2) is 0 Å². The fraction of sp³-hybridized carbons (Fsp3) is 0.231. The Morgan fingerprint density at radius 1 is 1.21 bits per heavy atom. The van der Waals surface area contributed by atoms with E-state index in [1.165, 1.54) is 11.9 Å². The maximum absolute atomic E-state index is 6.08. The van der Waals surface area contributed by atoms with E-state index >= 15 is 0 Å². The quantitative estimate of drug-likeness (QED) is 0.483. The molecule has 3 nitrogen and oxygen atoms in total. The second-order valence-corrected chi connectivity index (χ2v) is 4.85. The van der Waals surface area contributed by atoms with E-state index in [0.717, 1.165) is 10.6 Å². The molecule has 0 fully saturated rings. The first-order valence-electron chi connectivity index (χ1n) is 5.61. The molecule has 0 spiro atoms. The van der Waals surface area contributed by atoms with Gasteiger partial charge in [0.25, 0.3) is 0 Å². The van der Waals surface area contributed by atoms with Crippen LogP contribution in [0.5, 0.6) is 5.88 Å². The molecule has 0 N–H and O–H groups in total. The van der Waals surface area contributed by atoms with Crippen LogP contribution >= 0.6 is 23.4 Å². The molecule has 1 aromatic carbocycles. The van der Waals surface area contributed by atoms with Crippen molar-refractivity contribution in [1.82, 2.24) is 9.97 Å². The van der Waals surface area contributed by atoms with Crippen LogP contribution in [-0.4, -0.2) is 46.1 Å². The van der Waals surface area contributed by atoms with Gasteiger partial charge in [-0.15, -0.1) is 11.8 Å². The summed E-state index contributed by atoms with van der Waals surface area (Å²) in [4.78, 5) is 8.89. The average molecular weight is 305 g/mol. The van der Waals surface area contributed by atoms with Crippen LogP contribution in [0.3, 0.4) is 0 Å². The van der Waals surface area contributed by atoms with E-state index in [1.54, 1.807) is 11.8 Å². The van der Waals surface area contributed by atoms with Crippen LogP contribution in [-0.2, 0) is 5.75 Å². The summed E-state index contributed by atoms with van der Waals surface area (Å²) in [6, 6.07) is 10.2. The molecular weight excluding hydrogens is 291 g/mol. The van der Waals surface area contributed by atoms with Crippen LogP contribution in [0.2, 0.25) is 5.15 Å². The zero-order valence-corrected chi connectivity index (χ0v) is 11.5. The van der Waals surface area contributed by atoms with Gasteiger partial charge in [0.1, 0.15) is 16.4 Å². The molecule has 1 aromatic heterocycles. The van der Waals surface area contributed by atoms with Crippen molar-refractivity contribution < 1.29 is 4.74 Å². The molecule has 2 rings (SSSR count). The summed E-state index contributed by atoms with van der Waals surface area (Å²) in [7, 11) is 0. The predicted molar refractivity (Wildman–Crippen MR) is 81.4 cm³/mol. The third-order valence-corrected chi connectivity index (χ3v) is 3.77. The molecule has 0 saturated carbocycles. The number of aromatic nitrogens is 2.